The summed E-state index contributed by atoms with van der Waals surface area (Å²) in [7, 11) is 5.26. The number of fused-ring (bicyclic) bond motifs is 1. The lowest BCUT2D eigenvalue weighted by Gasteiger charge is -2.32. The standard InChI is InChI=1S/C18H26N6O2.HI/c1-5-19-18(20-10-17-22-21-12-23(17)2)24-7-6-13-8-15(25-3)16(26-4)9-14(13)11-24;/h8-9,12H,5-7,10-11H2,1-4H3,(H,19,20);1H. The Morgan fingerprint density at radius 3 is 2.52 bits per heavy atom. The van der Waals surface area contributed by atoms with Gasteiger partial charge in [0.2, 0.25) is 0 Å². The molecule has 0 fully saturated rings. The quantitative estimate of drug-likeness (QED) is 0.396. The molecule has 9 heteroatoms. The first-order chi connectivity index (χ1) is 12.7. The van der Waals surface area contributed by atoms with Gasteiger partial charge in [-0.15, -0.1) is 34.2 Å². The third-order valence-electron chi connectivity index (χ3n) is 4.53. The van der Waals surface area contributed by atoms with Crippen molar-refractivity contribution in [3.05, 3.63) is 35.4 Å². The molecule has 0 amide bonds. The molecule has 0 saturated carbocycles. The van der Waals surface area contributed by atoms with Crippen LogP contribution in [0.3, 0.4) is 0 Å². The summed E-state index contributed by atoms with van der Waals surface area (Å²) in [6.45, 7) is 5.05. The van der Waals surface area contributed by atoms with Gasteiger partial charge < -0.3 is 24.3 Å². The Hall–Kier alpha value is -2.04. The molecule has 0 radical (unpaired) electrons. The second kappa shape index (κ2) is 9.77. The molecule has 0 atom stereocenters. The molecule has 148 valence electrons. The summed E-state index contributed by atoms with van der Waals surface area (Å²) in [5.41, 5.74) is 2.53. The molecule has 0 bridgehead atoms. The molecule has 8 nitrogen and oxygen atoms in total. The van der Waals surface area contributed by atoms with E-state index in [-0.39, 0.29) is 24.0 Å². The molecule has 1 aromatic heterocycles. The topological polar surface area (TPSA) is 76.8 Å². The SMILES string of the molecule is CCNC(=NCc1nncn1C)N1CCc2cc(OC)c(OC)cc2C1.I. The first-order valence-corrected chi connectivity index (χ1v) is 8.76. The number of aliphatic imine (C=N–C) groups is 1. The van der Waals surface area contributed by atoms with Crippen molar-refractivity contribution in [3.63, 3.8) is 0 Å². The van der Waals surface area contributed by atoms with E-state index in [4.69, 9.17) is 14.5 Å². The van der Waals surface area contributed by atoms with Crippen LogP contribution < -0.4 is 14.8 Å². The Balaban J connectivity index is 0.00000261. The molecular weight excluding hydrogens is 459 g/mol. The first-order valence-electron chi connectivity index (χ1n) is 8.76. The zero-order valence-electron chi connectivity index (χ0n) is 16.2. The minimum atomic E-state index is 0. The molecule has 2 heterocycles. The van der Waals surface area contributed by atoms with Gasteiger partial charge in [0.1, 0.15) is 12.9 Å². The van der Waals surface area contributed by atoms with Gasteiger partial charge in [-0.3, -0.25) is 0 Å². The number of nitrogens with zero attached hydrogens (tertiary/aromatic N) is 5. The summed E-state index contributed by atoms with van der Waals surface area (Å²) in [6, 6.07) is 4.14. The van der Waals surface area contributed by atoms with Gasteiger partial charge in [0.25, 0.3) is 0 Å². The highest BCUT2D eigenvalue weighted by atomic mass is 127. The lowest BCUT2D eigenvalue weighted by Crippen LogP contribution is -2.44. The highest BCUT2D eigenvalue weighted by Gasteiger charge is 2.21. The number of methoxy groups -OCH3 is 2. The van der Waals surface area contributed by atoms with Crippen LogP contribution in [-0.4, -0.2) is 52.9 Å². The van der Waals surface area contributed by atoms with E-state index in [1.807, 2.05) is 11.6 Å². The van der Waals surface area contributed by atoms with Crippen molar-refractivity contribution in [3.8, 4) is 11.5 Å². The molecule has 1 aliphatic rings. The zero-order chi connectivity index (χ0) is 18.5. The molecular formula is C18H27IN6O2. The number of guanidine groups is 1. The van der Waals surface area contributed by atoms with Crippen LogP contribution in [0.5, 0.6) is 11.5 Å². The van der Waals surface area contributed by atoms with Gasteiger partial charge in [0.15, 0.2) is 23.3 Å². The number of rotatable bonds is 5. The molecule has 0 aliphatic carbocycles. The minimum absolute atomic E-state index is 0. The van der Waals surface area contributed by atoms with E-state index in [0.29, 0.717) is 6.54 Å². The van der Waals surface area contributed by atoms with E-state index in [9.17, 15) is 0 Å². The fourth-order valence-corrected chi connectivity index (χ4v) is 3.09. The highest BCUT2D eigenvalue weighted by molar-refractivity contribution is 14.0. The number of hydrogen-bond donors (Lipinski definition) is 1. The van der Waals surface area contributed by atoms with Gasteiger partial charge in [-0.05, 0) is 36.6 Å². The molecule has 1 aliphatic heterocycles. The van der Waals surface area contributed by atoms with E-state index >= 15 is 0 Å². The van der Waals surface area contributed by atoms with Gasteiger partial charge in [-0.2, -0.15) is 0 Å². The van der Waals surface area contributed by atoms with Gasteiger partial charge in [-0.25, -0.2) is 4.99 Å². The van der Waals surface area contributed by atoms with Gasteiger partial charge in [0.05, 0.1) is 14.2 Å². The van der Waals surface area contributed by atoms with E-state index in [2.05, 4.69) is 39.5 Å². The Kier molecular flexibility index (Phi) is 7.69. The summed E-state index contributed by atoms with van der Waals surface area (Å²) < 4.78 is 12.7. The number of aryl methyl sites for hydroxylation is 1. The molecule has 1 N–H and O–H groups in total. The van der Waals surface area contributed by atoms with Crippen molar-refractivity contribution >= 4 is 29.9 Å². The van der Waals surface area contributed by atoms with E-state index < -0.39 is 0 Å². The van der Waals surface area contributed by atoms with Gasteiger partial charge in [-0.1, -0.05) is 0 Å². The Labute approximate surface area is 177 Å². The van der Waals surface area contributed by atoms with Crippen LogP contribution in [0.4, 0.5) is 0 Å². The fourth-order valence-electron chi connectivity index (χ4n) is 3.09. The van der Waals surface area contributed by atoms with Crippen LogP contribution in [-0.2, 0) is 26.6 Å². The summed E-state index contributed by atoms with van der Waals surface area (Å²) in [4.78, 5) is 7.00. The Morgan fingerprint density at radius 1 is 1.22 bits per heavy atom. The van der Waals surface area contributed by atoms with Crippen LogP contribution in [0.15, 0.2) is 23.5 Å². The average Bonchev–Trinajstić information content (AvgIpc) is 3.08. The number of halogens is 1. The predicted molar refractivity (Wildman–Crippen MR) is 115 cm³/mol. The second-order valence-electron chi connectivity index (χ2n) is 6.18. The normalized spacial score (nSPS) is 13.6. The molecule has 3 rings (SSSR count). The third-order valence-corrected chi connectivity index (χ3v) is 4.53. The largest absolute Gasteiger partial charge is 0.493 e. The van der Waals surface area contributed by atoms with Crippen LogP contribution in [0.2, 0.25) is 0 Å². The van der Waals surface area contributed by atoms with Gasteiger partial charge in [0, 0.05) is 26.7 Å². The molecule has 0 saturated heterocycles. The average molecular weight is 486 g/mol. The van der Waals surface area contributed by atoms with Gasteiger partial charge >= 0.3 is 0 Å². The van der Waals surface area contributed by atoms with Crippen molar-refractivity contribution in [1.29, 1.82) is 0 Å². The smallest absolute Gasteiger partial charge is 0.194 e. The molecule has 0 spiro atoms. The van der Waals surface area contributed by atoms with E-state index in [1.165, 1.54) is 11.1 Å². The fraction of sp³-hybridized carbons (Fsp3) is 0.500. The van der Waals surface area contributed by atoms with E-state index in [1.54, 1.807) is 20.5 Å². The Morgan fingerprint density at radius 2 is 1.93 bits per heavy atom. The maximum Gasteiger partial charge on any atom is 0.194 e. The number of nitrogens with one attached hydrogen (secondary N) is 1. The van der Waals surface area contributed by atoms with Crippen molar-refractivity contribution in [2.45, 2.75) is 26.4 Å². The second-order valence-corrected chi connectivity index (χ2v) is 6.18. The Bertz CT molecular complexity index is 792. The van der Waals surface area contributed by atoms with Crippen LogP contribution in [0, 0.1) is 0 Å². The molecule has 0 unspecified atom stereocenters. The number of aromatic nitrogens is 3. The number of ether oxygens (including phenoxy) is 2. The van der Waals surface area contributed by atoms with Crippen molar-refractivity contribution < 1.29 is 9.47 Å². The minimum Gasteiger partial charge on any atom is -0.493 e. The summed E-state index contributed by atoms with van der Waals surface area (Å²) in [5, 5.41) is 11.4. The molecule has 2 aromatic rings. The predicted octanol–water partition coefficient (Wildman–Crippen LogP) is 1.97. The number of benzene rings is 1. The van der Waals surface area contributed by atoms with E-state index in [0.717, 1.165) is 49.3 Å². The number of hydrogen-bond acceptors (Lipinski definition) is 5. The summed E-state index contributed by atoms with van der Waals surface area (Å²) in [5.74, 6) is 3.26. The lowest BCUT2D eigenvalue weighted by atomic mass is 9.99. The summed E-state index contributed by atoms with van der Waals surface area (Å²) >= 11 is 0. The van der Waals surface area contributed by atoms with Crippen molar-refractivity contribution in [2.75, 3.05) is 27.3 Å². The maximum absolute atomic E-state index is 5.45. The first kappa shape index (κ1) is 21.3. The van der Waals surface area contributed by atoms with Crippen LogP contribution in [0.25, 0.3) is 0 Å². The molecule has 1 aromatic carbocycles. The lowest BCUT2D eigenvalue weighted by molar-refractivity contribution is 0.346. The highest BCUT2D eigenvalue weighted by Crippen LogP contribution is 2.33. The molecule has 27 heavy (non-hydrogen) atoms. The zero-order valence-corrected chi connectivity index (χ0v) is 18.6. The summed E-state index contributed by atoms with van der Waals surface area (Å²) in [6.07, 6.45) is 2.62. The third kappa shape index (κ3) is 4.82. The van der Waals surface area contributed by atoms with Crippen LogP contribution in [0.1, 0.15) is 23.9 Å². The van der Waals surface area contributed by atoms with Crippen molar-refractivity contribution in [1.82, 2.24) is 25.0 Å². The van der Waals surface area contributed by atoms with Crippen LogP contribution >= 0.6 is 24.0 Å². The monoisotopic (exact) mass is 486 g/mol. The maximum atomic E-state index is 5.45. The van der Waals surface area contributed by atoms with Crippen molar-refractivity contribution in [2.24, 2.45) is 12.0 Å².